The summed E-state index contributed by atoms with van der Waals surface area (Å²) in [5.41, 5.74) is 3.41. The number of ether oxygens (including phenoxy) is 1. The standard InChI is InChI=1S/C26H28N2O2.C4H4O4/c1-19-9-10-25-24(17-19)26(27-30-25)29-16-13-20-11-14-28(15-12-20)18-22-7-4-6-21-5-2-3-8-23(21)22;5-3(6)1-2-4(7)8/h2-10,17,20H,11-16,18H2,1H3;1-2H,(H,5,6)(H,7,8)/b;2-1+. The lowest BCUT2D eigenvalue weighted by Crippen LogP contribution is -2.33. The highest BCUT2D eigenvalue weighted by Crippen LogP contribution is 2.28. The smallest absolute Gasteiger partial charge is 0.328 e. The van der Waals surface area contributed by atoms with Crippen molar-refractivity contribution in [2.24, 2.45) is 5.92 Å². The molecule has 198 valence electrons. The van der Waals surface area contributed by atoms with E-state index < -0.39 is 11.9 Å². The molecule has 0 saturated carbocycles. The zero-order chi connectivity index (χ0) is 26.9. The molecule has 2 N–H and O–H groups in total. The van der Waals surface area contributed by atoms with E-state index in [0.29, 0.717) is 30.6 Å². The molecule has 0 spiro atoms. The second-order valence-corrected chi connectivity index (χ2v) is 9.49. The highest BCUT2D eigenvalue weighted by atomic mass is 16.5. The van der Waals surface area contributed by atoms with Crippen LogP contribution in [0.2, 0.25) is 0 Å². The Kier molecular flexibility index (Phi) is 9.11. The van der Waals surface area contributed by atoms with E-state index in [9.17, 15) is 9.59 Å². The molecule has 1 saturated heterocycles. The van der Waals surface area contributed by atoms with Gasteiger partial charge < -0.3 is 19.5 Å². The first-order valence-corrected chi connectivity index (χ1v) is 12.7. The highest BCUT2D eigenvalue weighted by Gasteiger charge is 2.20. The lowest BCUT2D eigenvalue weighted by Gasteiger charge is -2.32. The quantitative estimate of drug-likeness (QED) is 0.288. The zero-order valence-corrected chi connectivity index (χ0v) is 21.4. The number of piperidine rings is 1. The van der Waals surface area contributed by atoms with E-state index in [4.69, 9.17) is 19.5 Å². The molecule has 1 aliphatic heterocycles. The van der Waals surface area contributed by atoms with E-state index in [1.165, 1.54) is 34.7 Å². The summed E-state index contributed by atoms with van der Waals surface area (Å²) in [6.07, 6.45) is 4.65. The fourth-order valence-electron chi connectivity index (χ4n) is 4.70. The number of hydrogen-bond donors (Lipinski definition) is 2. The van der Waals surface area contributed by atoms with Crippen molar-refractivity contribution < 1.29 is 29.1 Å². The molecule has 38 heavy (non-hydrogen) atoms. The van der Waals surface area contributed by atoms with Crippen LogP contribution >= 0.6 is 0 Å². The average molecular weight is 517 g/mol. The van der Waals surface area contributed by atoms with Crippen molar-refractivity contribution in [3.05, 3.63) is 83.9 Å². The van der Waals surface area contributed by atoms with Crippen LogP contribution in [0.5, 0.6) is 5.88 Å². The lowest BCUT2D eigenvalue weighted by molar-refractivity contribution is -0.134. The third-order valence-corrected chi connectivity index (χ3v) is 6.71. The Labute approximate surface area is 221 Å². The first-order valence-electron chi connectivity index (χ1n) is 12.7. The Morgan fingerprint density at radius 3 is 2.45 bits per heavy atom. The third kappa shape index (κ3) is 7.43. The Bertz CT molecular complexity index is 1400. The van der Waals surface area contributed by atoms with Crippen LogP contribution in [0, 0.1) is 12.8 Å². The number of aryl methyl sites for hydroxylation is 1. The molecule has 2 heterocycles. The van der Waals surface area contributed by atoms with Gasteiger partial charge in [-0.1, -0.05) is 54.1 Å². The predicted octanol–water partition coefficient (Wildman–Crippen LogP) is 5.68. The number of likely N-dealkylation sites (tertiary alicyclic amines) is 1. The summed E-state index contributed by atoms with van der Waals surface area (Å²) in [6.45, 7) is 6.11. The van der Waals surface area contributed by atoms with Gasteiger partial charge >= 0.3 is 11.9 Å². The Morgan fingerprint density at radius 2 is 1.71 bits per heavy atom. The topological polar surface area (TPSA) is 113 Å². The van der Waals surface area contributed by atoms with Crippen LogP contribution in [0.3, 0.4) is 0 Å². The van der Waals surface area contributed by atoms with Crippen molar-refractivity contribution in [2.45, 2.75) is 32.7 Å². The van der Waals surface area contributed by atoms with Gasteiger partial charge in [0.05, 0.1) is 12.0 Å². The maximum Gasteiger partial charge on any atom is 0.328 e. The minimum Gasteiger partial charge on any atom is -0.478 e. The van der Waals surface area contributed by atoms with E-state index in [0.717, 1.165) is 37.0 Å². The van der Waals surface area contributed by atoms with Crippen molar-refractivity contribution in [2.75, 3.05) is 19.7 Å². The van der Waals surface area contributed by atoms with Gasteiger partial charge in [-0.15, -0.1) is 0 Å². The molecule has 0 aliphatic carbocycles. The second kappa shape index (κ2) is 12.9. The van der Waals surface area contributed by atoms with Gasteiger partial charge in [-0.2, -0.15) is 0 Å². The molecule has 0 bridgehead atoms. The molecule has 3 aromatic carbocycles. The monoisotopic (exact) mass is 516 g/mol. The Hall–Kier alpha value is -4.17. The normalized spacial score (nSPS) is 14.4. The van der Waals surface area contributed by atoms with E-state index in [1.807, 2.05) is 12.1 Å². The van der Waals surface area contributed by atoms with E-state index in [2.05, 4.69) is 65.5 Å². The fraction of sp³-hybridized carbons (Fsp3) is 0.300. The van der Waals surface area contributed by atoms with Crippen LogP contribution in [0.4, 0.5) is 0 Å². The van der Waals surface area contributed by atoms with Crippen molar-refractivity contribution in [1.82, 2.24) is 10.1 Å². The van der Waals surface area contributed by atoms with E-state index in [1.54, 1.807) is 0 Å². The average Bonchev–Trinajstić information content (AvgIpc) is 3.31. The number of rotatable bonds is 8. The van der Waals surface area contributed by atoms with E-state index >= 15 is 0 Å². The number of benzene rings is 3. The number of carbonyl (C=O) groups is 2. The summed E-state index contributed by atoms with van der Waals surface area (Å²) in [7, 11) is 0. The number of aliphatic carboxylic acids is 2. The molecule has 5 rings (SSSR count). The molecule has 1 fully saturated rings. The maximum atomic E-state index is 9.55. The number of carboxylic acid groups (broad SMARTS) is 2. The summed E-state index contributed by atoms with van der Waals surface area (Å²) in [6, 6.07) is 21.4. The number of fused-ring (bicyclic) bond motifs is 2. The van der Waals surface area contributed by atoms with Gasteiger partial charge in [0, 0.05) is 18.7 Å². The SMILES string of the molecule is Cc1ccc2onc(OCCC3CCN(Cc4cccc5ccccc45)CC3)c2c1.O=C(O)/C=C/C(=O)O. The third-order valence-electron chi connectivity index (χ3n) is 6.71. The summed E-state index contributed by atoms with van der Waals surface area (Å²) in [5.74, 6) is -1.17. The number of hydrogen-bond acceptors (Lipinski definition) is 6. The van der Waals surface area contributed by atoms with Gasteiger partial charge in [0.15, 0.2) is 5.58 Å². The van der Waals surface area contributed by atoms with Gasteiger partial charge in [-0.05, 0) is 78.8 Å². The Morgan fingerprint density at radius 1 is 1.00 bits per heavy atom. The molecule has 8 nitrogen and oxygen atoms in total. The molecule has 0 amide bonds. The summed E-state index contributed by atoms with van der Waals surface area (Å²) in [4.78, 5) is 21.7. The molecular weight excluding hydrogens is 484 g/mol. The molecule has 8 heteroatoms. The largest absolute Gasteiger partial charge is 0.478 e. The van der Waals surface area contributed by atoms with Crippen LogP contribution in [0.1, 0.15) is 30.4 Å². The zero-order valence-electron chi connectivity index (χ0n) is 21.4. The molecular formula is C30H32N2O6. The first kappa shape index (κ1) is 26.9. The fourth-order valence-corrected chi connectivity index (χ4v) is 4.70. The highest BCUT2D eigenvalue weighted by molar-refractivity contribution is 5.89. The van der Waals surface area contributed by atoms with Crippen LogP contribution in [-0.2, 0) is 16.1 Å². The van der Waals surface area contributed by atoms with Gasteiger partial charge in [0.25, 0.3) is 5.88 Å². The van der Waals surface area contributed by atoms with Gasteiger partial charge in [0.2, 0.25) is 0 Å². The Balaban J connectivity index is 0.000000368. The molecule has 0 atom stereocenters. The maximum absolute atomic E-state index is 9.55. The van der Waals surface area contributed by atoms with E-state index in [-0.39, 0.29) is 0 Å². The minimum atomic E-state index is -1.26. The van der Waals surface area contributed by atoms with Crippen molar-refractivity contribution in [3.8, 4) is 5.88 Å². The molecule has 0 unspecified atom stereocenters. The molecule has 0 radical (unpaired) electrons. The van der Waals surface area contributed by atoms with Crippen LogP contribution in [-0.4, -0.2) is 51.9 Å². The van der Waals surface area contributed by atoms with Crippen LogP contribution in [0.15, 0.2) is 77.3 Å². The second-order valence-electron chi connectivity index (χ2n) is 9.49. The molecule has 4 aromatic rings. The van der Waals surface area contributed by atoms with Gasteiger partial charge in [0.1, 0.15) is 0 Å². The van der Waals surface area contributed by atoms with Crippen molar-refractivity contribution in [3.63, 3.8) is 0 Å². The van der Waals surface area contributed by atoms with Crippen LogP contribution < -0.4 is 4.74 Å². The van der Waals surface area contributed by atoms with Gasteiger partial charge in [-0.3, -0.25) is 4.90 Å². The van der Waals surface area contributed by atoms with Crippen molar-refractivity contribution >= 4 is 33.7 Å². The van der Waals surface area contributed by atoms with Crippen molar-refractivity contribution in [1.29, 1.82) is 0 Å². The van der Waals surface area contributed by atoms with Crippen LogP contribution in [0.25, 0.3) is 21.7 Å². The predicted molar refractivity (Wildman–Crippen MR) is 145 cm³/mol. The summed E-state index contributed by atoms with van der Waals surface area (Å²) < 4.78 is 11.3. The number of nitrogens with zero attached hydrogens (tertiary/aromatic N) is 2. The van der Waals surface area contributed by atoms with Gasteiger partial charge in [-0.25, -0.2) is 9.59 Å². The minimum absolute atomic E-state index is 0.558. The number of carboxylic acids is 2. The molecule has 1 aliphatic rings. The summed E-state index contributed by atoms with van der Waals surface area (Å²) in [5, 5.41) is 23.4. The lowest BCUT2D eigenvalue weighted by atomic mass is 9.93. The number of aromatic nitrogens is 1. The molecule has 1 aromatic heterocycles. The first-order chi connectivity index (χ1) is 18.4. The summed E-state index contributed by atoms with van der Waals surface area (Å²) >= 11 is 0.